The molecular weight excluding hydrogens is 905 g/mol. The van der Waals surface area contributed by atoms with Crippen LogP contribution in [-0.4, -0.2) is 61.3 Å². The van der Waals surface area contributed by atoms with Crippen molar-refractivity contribution in [1.82, 2.24) is 9.80 Å². The standard InChI is InChI=1S/C30H30N2O5.C30H32N2O3/c33-27-14-11-23(12-15-27)17-18-31(20-24-7-3-1-4-8-24)21-29(34)26-13-16-30(28(19-26)32(35)36)37-22-25-9-5-2-6-10-25;31-28-19-26(13-16-30(28)35-22-25-9-5-2-6-10-25)29(34)21-32(20-24-7-3-1-4-8-24)18-17-23-11-14-27(33)15-12-23/h1-16,19,29,33-34H,17-18,20-22H2;1-16,19,29,33-34H,17-18,20-22,31H2. The molecule has 0 fully saturated rings. The number of rotatable bonds is 23. The molecule has 0 heterocycles. The number of ether oxygens (including phenoxy) is 2. The van der Waals surface area contributed by atoms with E-state index < -0.39 is 17.1 Å². The summed E-state index contributed by atoms with van der Waals surface area (Å²) >= 11 is 0. The van der Waals surface area contributed by atoms with Gasteiger partial charge in [-0.15, -0.1) is 0 Å². The van der Waals surface area contributed by atoms with Gasteiger partial charge in [0.25, 0.3) is 0 Å². The smallest absolute Gasteiger partial charge is 0.311 e. The second-order valence-electron chi connectivity index (χ2n) is 17.6. The third kappa shape index (κ3) is 16.6. The summed E-state index contributed by atoms with van der Waals surface area (Å²) in [5, 5.41) is 53.0. The summed E-state index contributed by atoms with van der Waals surface area (Å²) in [5.74, 6) is 1.26. The number of nitrogen functional groups attached to an aromatic ring is 1. The second-order valence-corrected chi connectivity index (χ2v) is 17.6. The highest BCUT2D eigenvalue weighted by Crippen LogP contribution is 2.32. The molecule has 0 bridgehead atoms. The van der Waals surface area contributed by atoms with Crippen molar-refractivity contribution < 1.29 is 34.8 Å². The highest BCUT2D eigenvalue weighted by Gasteiger charge is 2.22. The van der Waals surface area contributed by atoms with Crippen molar-refractivity contribution in [3.05, 3.63) is 261 Å². The number of anilines is 1. The van der Waals surface area contributed by atoms with Crippen LogP contribution in [0.15, 0.2) is 206 Å². The van der Waals surface area contributed by atoms with E-state index in [1.54, 1.807) is 42.5 Å². The number of nitrogens with zero attached hydrogens (tertiary/aromatic N) is 3. The fraction of sp³-hybridized carbons (Fsp3) is 0.200. The molecule has 2 atom stereocenters. The van der Waals surface area contributed by atoms with Gasteiger partial charge in [0.2, 0.25) is 0 Å². The maximum atomic E-state index is 11.8. The molecular formula is C60H62N4O8. The number of phenolic OH excluding ortho intramolecular Hbond substituents is 2. The van der Waals surface area contributed by atoms with Gasteiger partial charge < -0.3 is 35.6 Å². The Hall–Kier alpha value is -8.00. The summed E-state index contributed by atoms with van der Waals surface area (Å²) in [6.45, 7) is 4.20. The molecule has 0 aliphatic heterocycles. The van der Waals surface area contributed by atoms with Gasteiger partial charge in [-0.2, -0.15) is 0 Å². The average molecular weight is 967 g/mol. The molecule has 0 aromatic heterocycles. The number of nitrogens with two attached hydrogens (primary N) is 1. The van der Waals surface area contributed by atoms with E-state index in [4.69, 9.17) is 15.2 Å². The van der Waals surface area contributed by atoms with Crippen molar-refractivity contribution in [3.63, 3.8) is 0 Å². The van der Waals surface area contributed by atoms with E-state index in [0.29, 0.717) is 49.8 Å². The van der Waals surface area contributed by atoms with Crippen LogP contribution in [0.3, 0.4) is 0 Å². The van der Waals surface area contributed by atoms with Crippen molar-refractivity contribution in [1.29, 1.82) is 0 Å². The number of aliphatic hydroxyl groups is 2. The Bertz CT molecular complexity index is 2860. The summed E-state index contributed by atoms with van der Waals surface area (Å²) in [6.07, 6.45) is -0.0741. The Morgan fingerprint density at radius 1 is 0.472 bits per heavy atom. The fourth-order valence-corrected chi connectivity index (χ4v) is 8.14. The van der Waals surface area contributed by atoms with Crippen LogP contribution in [0.25, 0.3) is 0 Å². The van der Waals surface area contributed by atoms with Gasteiger partial charge in [-0.25, -0.2) is 0 Å². The largest absolute Gasteiger partial charge is 0.508 e. The van der Waals surface area contributed by atoms with Gasteiger partial charge in [0.1, 0.15) is 30.5 Å². The normalized spacial score (nSPS) is 11.9. The Morgan fingerprint density at radius 2 is 0.847 bits per heavy atom. The zero-order chi connectivity index (χ0) is 50.5. The molecule has 0 aliphatic carbocycles. The van der Waals surface area contributed by atoms with Crippen molar-refractivity contribution in [3.8, 4) is 23.0 Å². The molecule has 2 unspecified atom stereocenters. The molecule has 12 heteroatoms. The van der Waals surface area contributed by atoms with E-state index >= 15 is 0 Å². The Labute approximate surface area is 421 Å². The van der Waals surface area contributed by atoms with Crippen molar-refractivity contribution in [2.75, 3.05) is 31.9 Å². The van der Waals surface area contributed by atoms with Crippen LogP contribution in [0, 0.1) is 10.1 Å². The monoisotopic (exact) mass is 966 g/mol. The lowest BCUT2D eigenvalue weighted by Gasteiger charge is -2.26. The first kappa shape index (κ1) is 51.8. The minimum absolute atomic E-state index is 0.165. The van der Waals surface area contributed by atoms with Crippen LogP contribution in [0.2, 0.25) is 0 Å². The molecule has 0 radical (unpaired) electrons. The van der Waals surface area contributed by atoms with Crippen molar-refractivity contribution in [2.24, 2.45) is 0 Å². The van der Waals surface area contributed by atoms with E-state index in [0.717, 1.165) is 59.3 Å². The number of hydrogen-bond donors (Lipinski definition) is 5. The lowest BCUT2D eigenvalue weighted by atomic mass is 10.1. The number of phenols is 2. The van der Waals surface area contributed by atoms with Crippen LogP contribution in [-0.2, 0) is 39.1 Å². The van der Waals surface area contributed by atoms with Crippen LogP contribution in [0.5, 0.6) is 23.0 Å². The molecule has 0 aliphatic rings. The van der Waals surface area contributed by atoms with Gasteiger partial charge in [-0.05, 0) is 99.8 Å². The summed E-state index contributed by atoms with van der Waals surface area (Å²) in [7, 11) is 0. The lowest BCUT2D eigenvalue weighted by Crippen LogP contribution is -2.30. The molecule has 0 spiro atoms. The fourth-order valence-electron chi connectivity index (χ4n) is 8.14. The Balaban J connectivity index is 0.000000212. The average Bonchev–Trinajstić information content (AvgIpc) is 3.40. The molecule has 72 heavy (non-hydrogen) atoms. The third-order valence-electron chi connectivity index (χ3n) is 12.1. The van der Waals surface area contributed by atoms with Gasteiger partial charge in [-0.1, -0.05) is 158 Å². The molecule has 370 valence electrons. The van der Waals surface area contributed by atoms with Crippen LogP contribution >= 0.6 is 0 Å². The number of aliphatic hydroxyl groups excluding tert-OH is 2. The minimum atomic E-state index is -0.926. The van der Waals surface area contributed by atoms with Crippen molar-refractivity contribution >= 4 is 11.4 Å². The van der Waals surface area contributed by atoms with Gasteiger partial charge in [0.15, 0.2) is 5.75 Å². The van der Waals surface area contributed by atoms with Gasteiger partial charge in [0.05, 0.1) is 22.8 Å². The lowest BCUT2D eigenvalue weighted by molar-refractivity contribution is -0.386. The second kappa shape index (κ2) is 26.8. The predicted octanol–water partition coefficient (Wildman–Crippen LogP) is 11.0. The number of hydrogen-bond acceptors (Lipinski definition) is 11. The third-order valence-corrected chi connectivity index (χ3v) is 12.1. The van der Waals surface area contributed by atoms with E-state index in [9.17, 15) is 30.5 Å². The molecule has 0 saturated carbocycles. The summed E-state index contributed by atoms with van der Waals surface area (Å²) in [5.41, 5.74) is 14.3. The molecule has 0 saturated heterocycles. The molecule has 8 aromatic carbocycles. The van der Waals surface area contributed by atoms with E-state index in [2.05, 4.69) is 21.9 Å². The first-order valence-electron chi connectivity index (χ1n) is 24.0. The number of nitro groups is 1. The molecule has 0 amide bonds. The Kier molecular flexibility index (Phi) is 19.3. The summed E-state index contributed by atoms with van der Waals surface area (Å²) in [6, 6.07) is 64.1. The number of nitro benzene ring substituents is 1. The molecule has 6 N–H and O–H groups in total. The van der Waals surface area contributed by atoms with Crippen LogP contribution in [0.1, 0.15) is 56.7 Å². The van der Waals surface area contributed by atoms with Gasteiger partial charge >= 0.3 is 5.69 Å². The zero-order valence-electron chi connectivity index (χ0n) is 40.2. The van der Waals surface area contributed by atoms with Gasteiger partial charge in [0, 0.05) is 45.3 Å². The number of benzene rings is 8. The first-order valence-corrected chi connectivity index (χ1v) is 24.0. The highest BCUT2D eigenvalue weighted by molar-refractivity contribution is 5.55. The topological polar surface area (TPSA) is 175 Å². The summed E-state index contributed by atoms with van der Waals surface area (Å²) < 4.78 is 11.6. The highest BCUT2D eigenvalue weighted by atomic mass is 16.6. The number of aromatic hydroxyl groups is 2. The molecule has 8 aromatic rings. The van der Waals surface area contributed by atoms with E-state index in [1.165, 1.54) is 11.6 Å². The molecule has 8 rings (SSSR count). The molecule has 12 nitrogen and oxygen atoms in total. The summed E-state index contributed by atoms with van der Waals surface area (Å²) in [4.78, 5) is 15.6. The first-order chi connectivity index (χ1) is 35.0. The van der Waals surface area contributed by atoms with E-state index in [-0.39, 0.29) is 29.5 Å². The van der Waals surface area contributed by atoms with Gasteiger partial charge in [-0.3, -0.25) is 19.9 Å². The zero-order valence-corrected chi connectivity index (χ0v) is 40.2. The van der Waals surface area contributed by atoms with E-state index in [1.807, 2.05) is 146 Å². The predicted molar refractivity (Wildman–Crippen MR) is 282 cm³/mol. The minimum Gasteiger partial charge on any atom is -0.508 e. The van der Waals surface area contributed by atoms with Crippen LogP contribution < -0.4 is 15.2 Å². The quantitative estimate of drug-likeness (QED) is 0.0234. The van der Waals surface area contributed by atoms with Crippen LogP contribution in [0.4, 0.5) is 11.4 Å². The Morgan fingerprint density at radius 3 is 1.25 bits per heavy atom. The van der Waals surface area contributed by atoms with Crippen molar-refractivity contribution in [2.45, 2.75) is 51.4 Å². The maximum Gasteiger partial charge on any atom is 0.311 e. The maximum absolute atomic E-state index is 11.8. The SMILES string of the molecule is Nc1cc(C(O)CN(CCc2ccc(O)cc2)Cc2ccccc2)ccc1OCc1ccccc1.O=[N+]([O-])c1cc(C(O)CN(CCc2ccc(O)cc2)Cc2ccccc2)ccc1OCc1ccccc1.